The van der Waals surface area contributed by atoms with E-state index in [0.717, 1.165) is 0 Å². The lowest BCUT2D eigenvalue weighted by molar-refractivity contribution is -0.167. The van der Waals surface area contributed by atoms with Gasteiger partial charge in [-0.1, -0.05) is 0 Å². The number of carbonyl (C=O) groups is 2. The van der Waals surface area contributed by atoms with Crippen LogP contribution in [0.1, 0.15) is 16.1 Å². The van der Waals surface area contributed by atoms with E-state index in [1.54, 1.807) is 0 Å². The molecular weight excluding hydrogens is 231 g/mol. The van der Waals surface area contributed by atoms with Crippen LogP contribution in [-0.2, 0) is 4.79 Å². The van der Waals surface area contributed by atoms with E-state index in [2.05, 4.69) is 10.2 Å². The van der Waals surface area contributed by atoms with Gasteiger partial charge in [-0.25, -0.2) is 4.79 Å². The molecule has 0 aliphatic heterocycles. The van der Waals surface area contributed by atoms with Gasteiger partial charge in [0.05, 0.1) is 0 Å². The number of H-pyrrole nitrogens is 1. The molecule has 88 valence electrons. The second-order valence-corrected chi connectivity index (χ2v) is 2.83. The first kappa shape index (κ1) is 12.0. The van der Waals surface area contributed by atoms with E-state index in [0.29, 0.717) is 0 Å². The fraction of sp³-hybridized carbons (Fsp3) is 0.286. The monoisotopic (exact) mass is 237 g/mol. The van der Waals surface area contributed by atoms with E-state index < -0.39 is 29.4 Å². The Morgan fingerprint density at radius 3 is 2.44 bits per heavy atom. The number of aromatic amines is 1. The van der Waals surface area contributed by atoms with Crippen molar-refractivity contribution in [3.63, 3.8) is 0 Å². The predicted molar refractivity (Wildman–Crippen MR) is 45.0 cm³/mol. The molecule has 6 nitrogen and oxygen atoms in total. The van der Waals surface area contributed by atoms with Crippen LogP contribution in [0.3, 0.4) is 0 Å². The highest BCUT2D eigenvalue weighted by Crippen LogP contribution is 2.20. The summed E-state index contributed by atoms with van der Waals surface area (Å²) in [5, 5.41) is 15.4. The van der Waals surface area contributed by atoms with Crippen molar-refractivity contribution in [2.75, 3.05) is 5.32 Å². The molecule has 1 rings (SSSR count). The van der Waals surface area contributed by atoms with Crippen molar-refractivity contribution in [2.24, 2.45) is 0 Å². The largest absolute Gasteiger partial charge is 0.477 e. The number of hydrogen-bond donors (Lipinski definition) is 3. The summed E-state index contributed by atoms with van der Waals surface area (Å²) in [6.07, 6.45) is -5.09. The van der Waals surface area contributed by atoms with Crippen molar-refractivity contribution in [1.82, 2.24) is 10.2 Å². The molecule has 0 aliphatic carbocycles. The zero-order valence-corrected chi connectivity index (χ0v) is 7.84. The van der Waals surface area contributed by atoms with Crippen LogP contribution >= 0.6 is 0 Å². The second-order valence-electron chi connectivity index (χ2n) is 2.83. The lowest BCUT2D eigenvalue weighted by Crippen LogP contribution is -2.30. The number of aromatic nitrogens is 2. The summed E-state index contributed by atoms with van der Waals surface area (Å²) < 4.78 is 35.6. The molecule has 0 radical (unpaired) electrons. The van der Waals surface area contributed by atoms with Crippen LogP contribution in [0.15, 0.2) is 0 Å². The van der Waals surface area contributed by atoms with Crippen molar-refractivity contribution in [3.8, 4) is 0 Å². The van der Waals surface area contributed by atoms with Gasteiger partial charge in [0.2, 0.25) is 0 Å². The van der Waals surface area contributed by atoms with E-state index in [9.17, 15) is 22.8 Å². The molecule has 0 saturated heterocycles. The van der Waals surface area contributed by atoms with Crippen molar-refractivity contribution in [2.45, 2.75) is 13.1 Å². The molecule has 1 heterocycles. The van der Waals surface area contributed by atoms with Gasteiger partial charge in [-0.15, -0.1) is 0 Å². The second kappa shape index (κ2) is 3.83. The summed E-state index contributed by atoms with van der Waals surface area (Å²) in [6, 6.07) is 0. The van der Waals surface area contributed by atoms with Crippen LogP contribution in [-0.4, -0.2) is 33.4 Å². The number of nitrogens with zero attached hydrogens (tertiary/aromatic N) is 1. The number of nitrogens with one attached hydrogen (secondary N) is 2. The Hall–Kier alpha value is -2.06. The van der Waals surface area contributed by atoms with Gasteiger partial charge in [0.15, 0.2) is 5.82 Å². The third-order valence-electron chi connectivity index (χ3n) is 1.65. The summed E-state index contributed by atoms with van der Waals surface area (Å²) >= 11 is 0. The molecule has 3 N–H and O–H groups in total. The number of alkyl halides is 3. The quantitative estimate of drug-likeness (QED) is 0.712. The van der Waals surface area contributed by atoms with Gasteiger partial charge in [-0.2, -0.15) is 18.3 Å². The van der Waals surface area contributed by atoms with Crippen molar-refractivity contribution in [1.29, 1.82) is 0 Å². The number of halogens is 3. The van der Waals surface area contributed by atoms with Crippen LogP contribution in [0.4, 0.5) is 19.0 Å². The highest BCUT2D eigenvalue weighted by Gasteiger charge is 2.39. The Morgan fingerprint density at radius 2 is 2.00 bits per heavy atom. The highest BCUT2D eigenvalue weighted by atomic mass is 19.4. The summed E-state index contributed by atoms with van der Waals surface area (Å²) in [7, 11) is 0. The fourth-order valence-corrected chi connectivity index (χ4v) is 0.960. The van der Waals surface area contributed by atoms with Gasteiger partial charge >= 0.3 is 18.1 Å². The Kier molecular flexibility index (Phi) is 2.88. The number of anilines is 1. The van der Waals surface area contributed by atoms with E-state index in [4.69, 9.17) is 5.11 Å². The minimum absolute atomic E-state index is 0.0463. The van der Waals surface area contributed by atoms with Gasteiger partial charge in [-0.3, -0.25) is 9.89 Å². The van der Waals surface area contributed by atoms with Gasteiger partial charge in [-0.05, 0) is 6.92 Å². The van der Waals surface area contributed by atoms with Crippen molar-refractivity contribution in [3.05, 3.63) is 11.3 Å². The van der Waals surface area contributed by atoms with Gasteiger partial charge in [0.25, 0.3) is 0 Å². The van der Waals surface area contributed by atoms with E-state index in [-0.39, 0.29) is 5.69 Å². The average molecular weight is 237 g/mol. The molecule has 0 fully saturated rings. The Bertz CT molecular complexity index is 438. The molecule has 0 aliphatic rings. The zero-order valence-electron chi connectivity index (χ0n) is 7.84. The number of rotatable bonds is 2. The number of hydrogen-bond acceptors (Lipinski definition) is 3. The van der Waals surface area contributed by atoms with Crippen LogP contribution in [0.5, 0.6) is 0 Å². The summed E-state index contributed by atoms with van der Waals surface area (Å²) in [4.78, 5) is 21.2. The Morgan fingerprint density at radius 1 is 1.44 bits per heavy atom. The summed E-state index contributed by atoms with van der Waals surface area (Å²) in [5.41, 5.74) is -0.456. The third-order valence-corrected chi connectivity index (χ3v) is 1.65. The molecule has 0 atom stereocenters. The molecular formula is C7H6F3N3O3. The van der Waals surface area contributed by atoms with Gasteiger partial charge in [0, 0.05) is 5.69 Å². The highest BCUT2D eigenvalue weighted by molar-refractivity contribution is 6.01. The maximum absolute atomic E-state index is 11.9. The molecule has 9 heteroatoms. The Balaban J connectivity index is 2.99. The minimum Gasteiger partial charge on any atom is -0.477 e. The molecule has 1 aromatic heterocycles. The number of carboxylic acids is 1. The normalized spacial score (nSPS) is 11.2. The van der Waals surface area contributed by atoms with Crippen LogP contribution in [0, 0.1) is 6.92 Å². The molecule has 16 heavy (non-hydrogen) atoms. The average Bonchev–Trinajstić information content (AvgIpc) is 2.45. The first-order valence-corrected chi connectivity index (χ1v) is 3.90. The smallest absolute Gasteiger partial charge is 0.471 e. The maximum Gasteiger partial charge on any atom is 0.471 e. The van der Waals surface area contributed by atoms with Gasteiger partial charge in [0.1, 0.15) is 5.56 Å². The van der Waals surface area contributed by atoms with E-state index >= 15 is 0 Å². The number of aromatic carboxylic acids is 1. The minimum atomic E-state index is -5.09. The third kappa shape index (κ3) is 2.30. The molecule has 1 amide bonds. The zero-order chi connectivity index (χ0) is 12.5. The molecule has 0 unspecified atom stereocenters. The summed E-state index contributed by atoms with van der Waals surface area (Å²) in [5.74, 6) is -4.42. The first-order chi connectivity index (χ1) is 7.23. The van der Waals surface area contributed by atoms with Crippen molar-refractivity contribution < 1.29 is 27.9 Å². The van der Waals surface area contributed by atoms with E-state index in [1.165, 1.54) is 12.2 Å². The molecule has 0 spiro atoms. The molecule has 1 aromatic rings. The molecule has 0 aromatic carbocycles. The first-order valence-electron chi connectivity index (χ1n) is 3.90. The fourth-order valence-electron chi connectivity index (χ4n) is 0.960. The van der Waals surface area contributed by atoms with Gasteiger partial charge < -0.3 is 10.4 Å². The Labute approximate surface area is 86.5 Å². The number of carboxylic acid groups (broad SMARTS) is 1. The maximum atomic E-state index is 11.9. The topological polar surface area (TPSA) is 95.1 Å². The van der Waals surface area contributed by atoms with Crippen LogP contribution < -0.4 is 5.32 Å². The van der Waals surface area contributed by atoms with E-state index in [1.807, 2.05) is 0 Å². The summed E-state index contributed by atoms with van der Waals surface area (Å²) in [6.45, 7) is 1.31. The molecule has 0 saturated carbocycles. The number of amides is 1. The standard InChI is InChI=1S/C7H6F3N3O3/c1-2-3(5(14)15)4(13-12-2)11-6(16)7(8,9)10/h1H3,(H,14,15)(H2,11,12,13,16). The number of carbonyl (C=O) groups excluding carboxylic acids is 1. The van der Waals surface area contributed by atoms with Crippen LogP contribution in [0.25, 0.3) is 0 Å². The lowest BCUT2D eigenvalue weighted by atomic mass is 10.2. The predicted octanol–water partition coefficient (Wildman–Crippen LogP) is 0.917. The molecule has 0 bridgehead atoms. The van der Waals surface area contributed by atoms with Crippen molar-refractivity contribution >= 4 is 17.7 Å². The SMILES string of the molecule is Cc1[nH]nc(NC(=O)C(F)(F)F)c1C(=O)O. The lowest BCUT2D eigenvalue weighted by Gasteiger charge is -2.05. The number of aryl methyl sites for hydroxylation is 1. The van der Waals surface area contributed by atoms with Crippen LogP contribution in [0.2, 0.25) is 0 Å².